The van der Waals surface area contributed by atoms with Crippen LogP contribution in [-0.2, 0) is 0 Å². The van der Waals surface area contributed by atoms with Crippen LogP contribution in [-0.4, -0.2) is 0 Å². The first-order chi connectivity index (χ1) is 24.8. The fourth-order valence-corrected chi connectivity index (χ4v) is 10.4. The summed E-state index contributed by atoms with van der Waals surface area (Å²) in [5, 5.41) is 13.2. The van der Waals surface area contributed by atoms with Crippen LogP contribution in [0.3, 0.4) is 0 Å². The minimum absolute atomic E-state index is 1.24. The van der Waals surface area contributed by atoms with Crippen LogP contribution in [0.5, 0.6) is 0 Å². The number of fused-ring (bicyclic) bond motifs is 9. The standard InChI is InChI=1S/C48H28S2/c1-2-10-30(11-3-1)47-35-14-6-8-16-37(35)48(38-17-9-7-15-36(38)47)31-20-18-29(19-21-31)34-22-23-43-39(25-34)41-27-46-42(28-45(41)49-43)40-24-32-12-4-5-13-33(32)26-44(40)50-46/h1-28H. The lowest BCUT2D eigenvalue weighted by molar-refractivity contribution is 1.63. The highest BCUT2D eigenvalue weighted by atomic mass is 32.1. The summed E-state index contributed by atoms with van der Waals surface area (Å²) in [7, 11) is 0. The van der Waals surface area contributed by atoms with Crippen molar-refractivity contribution in [1.82, 2.24) is 0 Å². The van der Waals surface area contributed by atoms with E-state index in [-0.39, 0.29) is 0 Å². The molecule has 0 saturated carbocycles. The van der Waals surface area contributed by atoms with Gasteiger partial charge in [-0.3, -0.25) is 0 Å². The molecule has 0 radical (unpaired) electrons. The summed E-state index contributed by atoms with van der Waals surface area (Å²) in [5.41, 5.74) is 7.57. The van der Waals surface area contributed by atoms with Gasteiger partial charge in [0, 0.05) is 40.3 Å². The molecule has 0 bridgehead atoms. The van der Waals surface area contributed by atoms with E-state index in [1.807, 2.05) is 22.7 Å². The average Bonchev–Trinajstić information content (AvgIpc) is 3.71. The van der Waals surface area contributed by atoms with Crippen LogP contribution in [0.2, 0.25) is 0 Å². The lowest BCUT2D eigenvalue weighted by Crippen LogP contribution is -1.90. The number of hydrogen-bond acceptors (Lipinski definition) is 2. The van der Waals surface area contributed by atoms with E-state index in [2.05, 4.69) is 170 Å². The molecule has 0 nitrogen and oxygen atoms in total. The highest BCUT2D eigenvalue weighted by Gasteiger charge is 2.17. The number of benzene rings is 9. The minimum atomic E-state index is 1.24. The van der Waals surface area contributed by atoms with E-state index in [1.54, 1.807) is 0 Å². The Morgan fingerprint density at radius 2 is 0.660 bits per heavy atom. The smallest absolute Gasteiger partial charge is 0.0362 e. The van der Waals surface area contributed by atoms with Gasteiger partial charge in [-0.05, 0) is 102 Å². The van der Waals surface area contributed by atoms with Gasteiger partial charge >= 0.3 is 0 Å². The molecule has 0 aliphatic carbocycles. The molecule has 0 N–H and O–H groups in total. The topological polar surface area (TPSA) is 0 Å². The summed E-state index contributed by atoms with van der Waals surface area (Å²) >= 11 is 3.81. The van der Waals surface area contributed by atoms with E-state index in [0.29, 0.717) is 0 Å². The van der Waals surface area contributed by atoms with Crippen molar-refractivity contribution in [3.8, 4) is 33.4 Å². The number of thiophene rings is 2. The largest absolute Gasteiger partial charge is 0.135 e. The quantitative estimate of drug-likeness (QED) is 0.164. The van der Waals surface area contributed by atoms with Crippen molar-refractivity contribution >= 4 is 95.3 Å². The third-order valence-electron chi connectivity index (χ3n) is 10.4. The van der Waals surface area contributed by atoms with Gasteiger partial charge in [-0.15, -0.1) is 22.7 Å². The highest BCUT2D eigenvalue weighted by molar-refractivity contribution is 7.27. The third kappa shape index (κ3) is 4.23. The van der Waals surface area contributed by atoms with Gasteiger partial charge < -0.3 is 0 Å². The molecule has 0 unspecified atom stereocenters. The summed E-state index contributed by atoms with van der Waals surface area (Å²) in [6.45, 7) is 0. The fourth-order valence-electron chi connectivity index (χ4n) is 8.09. The van der Waals surface area contributed by atoms with E-state index in [1.165, 1.54) is 106 Å². The summed E-state index contributed by atoms with van der Waals surface area (Å²) in [4.78, 5) is 0. The van der Waals surface area contributed by atoms with Crippen LogP contribution in [0.25, 0.3) is 106 Å². The van der Waals surface area contributed by atoms with Gasteiger partial charge in [-0.2, -0.15) is 0 Å². The molecule has 11 rings (SSSR count). The van der Waals surface area contributed by atoms with E-state index >= 15 is 0 Å². The second kappa shape index (κ2) is 10.9. The lowest BCUT2D eigenvalue weighted by atomic mass is 9.86. The Balaban J connectivity index is 1.04. The zero-order valence-corrected chi connectivity index (χ0v) is 28.6. The molecule has 0 saturated heterocycles. The molecule has 2 heterocycles. The van der Waals surface area contributed by atoms with E-state index in [0.717, 1.165) is 0 Å². The molecule has 9 aromatic carbocycles. The molecule has 0 atom stereocenters. The molecule has 11 aromatic rings. The van der Waals surface area contributed by atoms with Crippen LogP contribution in [0.1, 0.15) is 0 Å². The monoisotopic (exact) mass is 668 g/mol. The van der Waals surface area contributed by atoms with Gasteiger partial charge in [0.05, 0.1) is 0 Å². The summed E-state index contributed by atoms with van der Waals surface area (Å²) in [6, 6.07) is 63.1. The van der Waals surface area contributed by atoms with Crippen molar-refractivity contribution in [2.45, 2.75) is 0 Å². The fraction of sp³-hybridized carbons (Fsp3) is 0. The van der Waals surface area contributed by atoms with Crippen LogP contribution in [0.4, 0.5) is 0 Å². The van der Waals surface area contributed by atoms with Crippen molar-refractivity contribution in [3.63, 3.8) is 0 Å². The van der Waals surface area contributed by atoms with E-state index in [9.17, 15) is 0 Å². The van der Waals surface area contributed by atoms with Gasteiger partial charge in [0.2, 0.25) is 0 Å². The predicted octanol–water partition coefficient (Wildman–Crippen LogP) is 14.9. The van der Waals surface area contributed by atoms with Crippen LogP contribution in [0.15, 0.2) is 170 Å². The second-order valence-corrected chi connectivity index (χ2v) is 15.4. The highest BCUT2D eigenvalue weighted by Crippen LogP contribution is 2.45. The van der Waals surface area contributed by atoms with Gasteiger partial charge in [-0.1, -0.05) is 133 Å². The van der Waals surface area contributed by atoms with Gasteiger partial charge in [0.25, 0.3) is 0 Å². The van der Waals surface area contributed by atoms with Crippen LogP contribution < -0.4 is 0 Å². The zero-order chi connectivity index (χ0) is 32.8. The maximum absolute atomic E-state index is 2.43. The van der Waals surface area contributed by atoms with Crippen LogP contribution in [0, 0.1) is 0 Å². The number of hydrogen-bond donors (Lipinski definition) is 0. The Hall–Kier alpha value is -5.80. The molecule has 232 valence electrons. The Morgan fingerprint density at radius 3 is 1.28 bits per heavy atom. The third-order valence-corrected chi connectivity index (χ3v) is 12.7. The van der Waals surface area contributed by atoms with E-state index in [4.69, 9.17) is 0 Å². The van der Waals surface area contributed by atoms with Crippen molar-refractivity contribution in [3.05, 3.63) is 170 Å². The molecule has 0 spiro atoms. The molecular formula is C48H28S2. The first-order valence-corrected chi connectivity index (χ1v) is 18.7. The minimum Gasteiger partial charge on any atom is -0.135 e. The van der Waals surface area contributed by atoms with Crippen LogP contribution >= 0.6 is 22.7 Å². The van der Waals surface area contributed by atoms with Crippen molar-refractivity contribution in [2.24, 2.45) is 0 Å². The Bertz CT molecular complexity index is 3070. The summed E-state index contributed by atoms with van der Waals surface area (Å²) in [5.74, 6) is 0. The predicted molar refractivity (Wildman–Crippen MR) is 221 cm³/mol. The zero-order valence-electron chi connectivity index (χ0n) is 27.0. The molecule has 2 heteroatoms. The Morgan fingerprint density at radius 1 is 0.240 bits per heavy atom. The van der Waals surface area contributed by atoms with Gasteiger partial charge in [-0.25, -0.2) is 0 Å². The Kier molecular flexibility index (Phi) is 6.09. The molecule has 0 amide bonds. The van der Waals surface area contributed by atoms with Gasteiger partial charge in [0.1, 0.15) is 0 Å². The normalized spacial score (nSPS) is 12.0. The summed E-state index contributed by atoms with van der Waals surface area (Å²) in [6.07, 6.45) is 0. The molecule has 0 fully saturated rings. The molecule has 50 heavy (non-hydrogen) atoms. The summed E-state index contributed by atoms with van der Waals surface area (Å²) < 4.78 is 5.40. The maximum Gasteiger partial charge on any atom is 0.0362 e. The van der Waals surface area contributed by atoms with E-state index < -0.39 is 0 Å². The van der Waals surface area contributed by atoms with Crippen molar-refractivity contribution in [2.75, 3.05) is 0 Å². The van der Waals surface area contributed by atoms with Gasteiger partial charge in [0.15, 0.2) is 0 Å². The first kappa shape index (κ1) is 28.1. The molecule has 2 aromatic heterocycles. The number of rotatable bonds is 3. The second-order valence-electron chi connectivity index (χ2n) is 13.2. The first-order valence-electron chi connectivity index (χ1n) is 17.1. The molecule has 0 aliphatic rings. The average molecular weight is 669 g/mol. The van der Waals surface area contributed by atoms with Crippen molar-refractivity contribution in [1.29, 1.82) is 0 Å². The maximum atomic E-state index is 2.43. The molecule has 0 aliphatic heterocycles. The molecular weight excluding hydrogens is 641 g/mol. The SMILES string of the molecule is c1ccc(-c2c3ccccc3c(-c3ccc(-c4ccc5sc6cc7c(cc6c5c4)sc4cc5ccccc5cc47)cc3)c3ccccc23)cc1. The van der Waals surface area contributed by atoms with Crippen molar-refractivity contribution < 1.29 is 0 Å². The Labute approximate surface area is 297 Å². The lowest BCUT2D eigenvalue weighted by Gasteiger charge is -2.18.